The Kier molecular flexibility index (Phi) is 13.4. The van der Waals surface area contributed by atoms with E-state index in [2.05, 4.69) is 13.0 Å². The molecule has 1 aromatic rings. The summed E-state index contributed by atoms with van der Waals surface area (Å²) in [5, 5.41) is 10.8. The van der Waals surface area contributed by atoms with Gasteiger partial charge in [-0.05, 0) is 6.42 Å². The second-order valence-corrected chi connectivity index (χ2v) is 3.34. The van der Waals surface area contributed by atoms with Gasteiger partial charge >= 0.3 is 37.7 Å². The van der Waals surface area contributed by atoms with Crippen LogP contribution in [-0.2, 0) is 0 Å². The summed E-state index contributed by atoms with van der Waals surface area (Å²) in [5.74, 6) is 0. The molecule has 0 saturated carbocycles. The number of rotatable bonds is 5. The SMILES string of the molecule is CCCCC(=[C-]c1ccccc1)C[O-].[Li+].[Li+]. The smallest absolute Gasteiger partial charge is 0.852 e. The summed E-state index contributed by atoms with van der Waals surface area (Å²) < 4.78 is 0. The van der Waals surface area contributed by atoms with Gasteiger partial charge in [0.25, 0.3) is 0 Å². The minimum Gasteiger partial charge on any atom is -0.852 e. The average molecular weight is 202 g/mol. The quantitative estimate of drug-likeness (QED) is 0.356. The fraction of sp³-hybridized carbons (Fsp3) is 0.385. The van der Waals surface area contributed by atoms with Crippen molar-refractivity contribution in [2.45, 2.75) is 26.2 Å². The Hall–Kier alpha value is 0.115. The molecule has 0 amide bonds. The number of hydrogen-bond acceptors (Lipinski definition) is 1. The van der Waals surface area contributed by atoms with E-state index in [-0.39, 0.29) is 44.3 Å². The monoisotopic (exact) mass is 202 g/mol. The van der Waals surface area contributed by atoms with Crippen LogP contribution in [0.4, 0.5) is 0 Å². The third-order valence-electron chi connectivity index (χ3n) is 2.10. The van der Waals surface area contributed by atoms with E-state index in [4.69, 9.17) is 0 Å². The summed E-state index contributed by atoms with van der Waals surface area (Å²) in [6, 6.07) is 9.84. The van der Waals surface area contributed by atoms with Crippen LogP contribution in [0.25, 0.3) is 0 Å². The predicted octanol–water partition coefficient (Wildman–Crippen LogP) is -3.68. The van der Waals surface area contributed by atoms with E-state index < -0.39 is 0 Å². The van der Waals surface area contributed by atoms with Crippen LogP contribution >= 0.6 is 0 Å². The van der Waals surface area contributed by atoms with Crippen LogP contribution < -0.4 is 42.8 Å². The average Bonchev–Trinajstić information content (AvgIpc) is 2.25. The van der Waals surface area contributed by atoms with Gasteiger partial charge in [-0.25, -0.2) is 0 Å². The van der Waals surface area contributed by atoms with Crippen LogP contribution in [-0.4, -0.2) is 6.61 Å². The van der Waals surface area contributed by atoms with Crippen LogP contribution in [0.3, 0.4) is 0 Å². The normalized spacial score (nSPS) is 10.2. The van der Waals surface area contributed by atoms with Crippen molar-refractivity contribution in [3.63, 3.8) is 0 Å². The van der Waals surface area contributed by atoms with Crippen molar-refractivity contribution in [1.29, 1.82) is 0 Å². The van der Waals surface area contributed by atoms with Crippen molar-refractivity contribution >= 4 is 0 Å². The number of unbranched alkanes of at least 4 members (excludes halogenated alkanes) is 1. The topological polar surface area (TPSA) is 23.1 Å². The fourth-order valence-corrected chi connectivity index (χ4v) is 1.29. The molecule has 16 heavy (non-hydrogen) atoms. The molecule has 0 aliphatic heterocycles. The molecule has 0 aliphatic carbocycles. The van der Waals surface area contributed by atoms with E-state index >= 15 is 0 Å². The molecule has 0 aliphatic rings. The van der Waals surface area contributed by atoms with Gasteiger partial charge in [-0.15, -0.1) is 24.3 Å². The fourth-order valence-electron chi connectivity index (χ4n) is 1.29. The zero-order valence-electron chi connectivity index (χ0n) is 10.6. The molecule has 0 unspecified atom stereocenters. The molecular formula is C13H16Li2O. The van der Waals surface area contributed by atoms with Crippen LogP contribution in [0.2, 0.25) is 0 Å². The molecule has 3 heteroatoms. The first-order chi connectivity index (χ1) is 6.86. The third kappa shape index (κ3) is 7.40. The maximum Gasteiger partial charge on any atom is 1.00 e. The Balaban J connectivity index is 0. The van der Waals surface area contributed by atoms with Crippen molar-refractivity contribution in [2.75, 3.05) is 6.61 Å². The molecule has 0 saturated heterocycles. The van der Waals surface area contributed by atoms with Crippen molar-refractivity contribution < 1.29 is 42.8 Å². The second-order valence-electron chi connectivity index (χ2n) is 3.34. The Labute approximate surface area is 123 Å². The van der Waals surface area contributed by atoms with Crippen molar-refractivity contribution in [3.05, 3.63) is 47.5 Å². The van der Waals surface area contributed by atoms with Gasteiger partial charge in [-0.3, -0.25) is 0 Å². The van der Waals surface area contributed by atoms with Crippen molar-refractivity contribution in [2.24, 2.45) is 0 Å². The Morgan fingerprint density at radius 1 is 1.19 bits per heavy atom. The van der Waals surface area contributed by atoms with Gasteiger partial charge in [0.1, 0.15) is 0 Å². The van der Waals surface area contributed by atoms with Gasteiger partial charge in [-0.1, -0.05) is 25.8 Å². The molecule has 0 bridgehead atoms. The molecule has 1 aromatic carbocycles. The zero-order chi connectivity index (χ0) is 10.2. The van der Waals surface area contributed by atoms with Crippen LogP contribution in [0.5, 0.6) is 0 Å². The first kappa shape index (κ1) is 18.5. The summed E-state index contributed by atoms with van der Waals surface area (Å²) in [6.45, 7) is 2.00. The summed E-state index contributed by atoms with van der Waals surface area (Å²) in [4.78, 5) is 0. The van der Waals surface area contributed by atoms with E-state index in [1.165, 1.54) is 0 Å². The summed E-state index contributed by atoms with van der Waals surface area (Å²) in [7, 11) is 0. The van der Waals surface area contributed by atoms with Crippen LogP contribution in [0.1, 0.15) is 31.7 Å². The molecule has 0 fully saturated rings. The van der Waals surface area contributed by atoms with E-state index in [1.54, 1.807) is 0 Å². The molecule has 0 N–H and O–H groups in total. The van der Waals surface area contributed by atoms with Crippen LogP contribution in [0, 0.1) is 6.08 Å². The zero-order valence-corrected chi connectivity index (χ0v) is 10.6. The van der Waals surface area contributed by atoms with Crippen LogP contribution in [0.15, 0.2) is 35.9 Å². The Morgan fingerprint density at radius 2 is 1.81 bits per heavy atom. The van der Waals surface area contributed by atoms with Gasteiger partial charge in [0.2, 0.25) is 0 Å². The Bertz CT molecular complexity index is 283. The van der Waals surface area contributed by atoms with E-state index in [0.717, 1.165) is 30.4 Å². The predicted molar refractivity (Wildman–Crippen MR) is 56.7 cm³/mol. The van der Waals surface area contributed by atoms with Gasteiger partial charge in [0.15, 0.2) is 0 Å². The molecular weight excluding hydrogens is 186 g/mol. The van der Waals surface area contributed by atoms with Gasteiger partial charge in [0, 0.05) is 0 Å². The van der Waals surface area contributed by atoms with Gasteiger partial charge in [-0.2, -0.15) is 23.8 Å². The first-order valence-corrected chi connectivity index (χ1v) is 5.11. The second kappa shape index (κ2) is 11.6. The first-order valence-electron chi connectivity index (χ1n) is 5.11. The molecule has 1 nitrogen and oxygen atoms in total. The summed E-state index contributed by atoms with van der Waals surface area (Å²) >= 11 is 0. The Morgan fingerprint density at radius 3 is 2.31 bits per heavy atom. The van der Waals surface area contributed by atoms with Gasteiger partial charge < -0.3 is 5.11 Å². The van der Waals surface area contributed by atoms with E-state index in [1.807, 2.05) is 30.3 Å². The van der Waals surface area contributed by atoms with Gasteiger partial charge in [0.05, 0.1) is 0 Å². The molecule has 1 rings (SSSR count). The summed E-state index contributed by atoms with van der Waals surface area (Å²) in [6.07, 6.45) is 6.26. The standard InChI is InChI=1S/C13H16O.2Li/c1-2-3-7-13(11-14)10-12-8-5-4-6-9-12;;/h4-6,8-9H,2-3,7,11H2,1H3;;/q-2;2*+1. The maximum atomic E-state index is 10.8. The number of hydrogen-bond donors (Lipinski definition) is 0. The summed E-state index contributed by atoms with van der Waals surface area (Å²) in [5.41, 5.74) is 1.90. The molecule has 0 aromatic heterocycles. The van der Waals surface area contributed by atoms with Crippen molar-refractivity contribution in [3.8, 4) is 0 Å². The molecule has 0 spiro atoms. The van der Waals surface area contributed by atoms with E-state index in [9.17, 15) is 5.11 Å². The largest absolute Gasteiger partial charge is 1.00 e. The van der Waals surface area contributed by atoms with E-state index in [0.29, 0.717) is 0 Å². The third-order valence-corrected chi connectivity index (χ3v) is 2.10. The number of benzene rings is 1. The van der Waals surface area contributed by atoms with Crippen molar-refractivity contribution in [1.82, 2.24) is 0 Å². The maximum absolute atomic E-state index is 10.8. The molecule has 0 atom stereocenters. The molecule has 0 heterocycles. The molecule has 76 valence electrons. The minimum atomic E-state index is -0.130. The molecule has 0 radical (unpaired) electrons. The minimum absolute atomic E-state index is 0.